The van der Waals surface area contributed by atoms with Crippen molar-refractivity contribution in [2.24, 2.45) is 0 Å². The van der Waals surface area contributed by atoms with Gasteiger partial charge in [-0.05, 0) is 18.6 Å². The van der Waals surface area contributed by atoms with E-state index in [1.54, 1.807) is 25.1 Å². The van der Waals surface area contributed by atoms with Gasteiger partial charge in [-0.1, -0.05) is 32.0 Å². The van der Waals surface area contributed by atoms with Gasteiger partial charge in [0.2, 0.25) is 5.82 Å². The van der Waals surface area contributed by atoms with Crippen LogP contribution in [0, 0.1) is 5.82 Å². The van der Waals surface area contributed by atoms with Gasteiger partial charge in [0.25, 0.3) is 0 Å². The van der Waals surface area contributed by atoms with Gasteiger partial charge in [0, 0.05) is 6.42 Å². The lowest BCUT2D eigenvalue weighted by Gasteiger charge is -2.01. The quantitative estimate of drug-likeness (QED) is 0.849. The number of benzene rings is 1. The van der Waals surface area contributed by atoms with Crippen molar-refractivity contribution < 1.29 is 13.9 Å². The fourth-order valence-corrected chi connectivity index (χ4v) is 1.69. The van der Waals surface area contributed by atoms with E-state index in [-0.39, 0.29) is 30.5 Å². The van der Waals surface area contributed by atoms with E-state index in [2.05, 4.69) is 9.97 Å². The molecular weight excluding hydrogens is 273 g/mol. The highest BCUT2D eigenvalue weighted by atomic mass is 19.1. The monoisotopic (exact) mass is 293 g/mol. The van der Waals surface area contributed by atoms with Crippen molar-refractivity contribution in [1.29, 1.82) is 0 Å². The molecule has 114 valence electrons. The highest BCUT2D eigenvalue weighted by Crippen LogP contribution is 2.16. The number of hydrogen-bond donors (Lipinski definition) is 2. The maximum Gasteiger partial charge on any atom is 0.374 e. The molecule has 0 aliphatic rings. The molecule has 2 aromatic rings. The standard InChI is InChI=1S/C13H14FN3O2.C2H6/c1-2-19-13(18)12-16-10(11(15)17-12)7-8-5-3-4-6-9(8)14;1-2/h3-6H,2,7,15H2,1H3,(H,16,17);1-2H3. The Balaban J connectivity index is 0.00000106. The summed E-state index contributed by atoms with van der Waals surface area (Å²) in [6.07, 6.45) is 0.241. The van der Waals surface area contributed by atoms with Gasteiger partial charge in [0.1, 0.15) is 11.6 Å². The number of aromatic amines is 1. The van der Waals surface area contributed by atoms with Crippen molar-refractivity contribution in [3.05, 3.63) is 47.2 Å². The third-order valence-corrected chi connectivity index (χ3v) is 2.60. The van der Waals surface area contributed by atoms with E-state index in [0.29, 0.717) is 11.3 Å². The molecule has 0 aliphatic carbocycles. The highest BCUT2D eigenvalue weighted by Gasteiger charge is 2.16. The number of hydrogen-bond acceptors (Lipinski definition) is 4. The van der Waals surface area contributed by atoms with Crippen molar-refractivity contribution in [2.45, 2.75) is 27.2 Å². The summed E-state index contributed by atoms with van der Waals surface area (Å²) in [6.45, 7) is 5.95. The highest BCUT2D eigenvalue weighted by molar-refractivity contribution is 5.86. The second-order valence-corrected chi connectivity index (χ2v) is 3.94. The van der Waals surface area contributed by atoms with Crippen LogP contribution in [-0.4, -0.2) is 22.5 Å². The van der Waals surface area contributed by atoms with E-state index in [4.69, 9.17) is 10.5 Å². The first-order valence-corrected chi connectivity index (χ1v) is 6.86. The Hall–Kier alpha value is -2.37. The van der Waals surface area contributed by atoms with Gasteiger partial charge in [0.15, 0.2) is 0 Å². The number of nitrogens with zero attached hydrogens (tertiary/aromatic N) is 1. The molecule has 1 heterocycles. The zero-order chi connectivity index (χ0) is 15.8. The molecule has 0 saturated heterocycles. The number of imidazole rings is 1. The molecule has 6 heteroatoms. The molecule has 0 aliphatic heterocycles. The molecule has 5 nitrogen and oxygen atoms in total. The Labute approximate surface area is 123 Å². The first-order valence-electron chi connectivity index (χ1n) is 6.86. The minimum absolute atomic E-state index is 0.0330. The smallest absolute Gasteiger partial charge is 0.374 e. The van der Waals surface area contributed by atoms with Crippen LogP contribution in [0.2, 0.25) is 0 Å². The number of rotatable bonds is 4. The van der Waals surface area contributed by atoms with Crippen LogP contribution in [0.15, 0.2) is 24.3 Å². The number of carbonyl (C=O) groups excluding carboxylic acids is 1. The van der Waals surface area contributed by atoms with Crippen LogP contribution < -0.4 is 5.73 Å². The first kappa shape index (κ1) is 16.7. The van der Waals surface area contributed by atoms with Crippen LogP contribution in [0.5, 0.6) is 0 Å². The van der Waals surface area contributed by atoms with Crippen LogP contribution in [0.25, 0.3) is 0 Å². The average Bonchev–Trinajstić information content (AvgIpc) is 2.85. The summed E-state index contributed by atoms with van der Waals surface area (Å²) in [5.74, 6) is -0.694. The molecule has 1 aromatic carbocycles. The van der Waals surface area contributed by atoms with Crippen molar-refractivity contribution in [2.75, 3.05) is 12.3 Å². The van der Waals surface area contributed by atoms with Crippen molar-refractivity contribution in [3.8, 4) is 0 Å². The largest absolute Gasteiger partial charge is 0.460 e. The van der Waals surface area contributed by atoms with Gasteiger partial charge in [-0.2, -0.15) is 0 Å². The Kier molecular flexibility index (Phi) is 6.39. The summed E-state index contributed by atoms with van der Waals surface area (Å²) in [6, 6.07) is 6.37. The van der Waals surface area contributed by atoms with Gasteiger partial charge < -0.3 is 15.5 Å². The Morgan fingerprint density at radius 3 is 2.67 bits per heavy atom. The third-order valence-electron chi connectivity index (χ3n) is 2.60. The fraction of sp³-hybridized carbons (Fsp3) is 0.333. The van der Waals surface area contributed by atoms with E-state index in [1.165, 1.54) is 6.07 Å². The number of H-pyrrole nitrogens is 1. The molecule has 0 atom stereocenters. The second-order valence-electron chi connectivity index (χ2n) is 3.94. The fourth-order valence-electron chi connectivity index (χ4n) is 1.69. The Morgan fingerprint density at radius 2 is 2.05 bits per heavy atom. The lowest BCUT2D eigenvalue weighted by atomic mass is 10.1. The molecule has 0 spiro atoms. The predicted molar refractivity (Wildman–Crippen MR) is 79.5 cm³/mol. The number of halogens is 1. The molecule has 0 fully saturated rings. The summed E-state index contributed by atoms with van der Waals surface area (Å²) in [5, 5.41) is 0. The maximum absolute atomic E-state index is 13.5. The second kappa shape index (κ2) is 8.04. The van der Waals surface area contributed by atoms with Crippen LogP contribution in [0.4, 0.5) is 10.2 Å². The minimum atomic E-state index is -0.575. The van der Waals surface area contributed by atoms with E-state index < -0.39 is 5.97 Å². The van der Waals surface area contributed by atoms with Gasteiger partial charge in [-0.3, -0.25) is 0 Å². The van der Waals surface area contributed by atoms with Gasteiger partial charge >= 0.3 is 5.97 Å². The van der Waals surface area contributed by atoms with Crippen molar-refractivity contribution in [3.63, 3.8) is 0 Å². The number of aromatic nitrogens is 2. The lowest BCUT2D eigenvalue weighted by molar-refractivity contribution is 0.0513. The number of esters is 1. The topological polar surface area (TPSA) is 81.0 Å². The summed E-state index contributed by atoms with van der Waals surface area (Å²) in [4.78, 5) is 18.1. The van der Waals surface area contributed by atoms with E-state index in [1.807, 2.05) is 13.8 Å². The number of nitrogen functional groups attached to an aromatic ring is 1. The number of nitrogens with one attached hydrogen (secondary N) is 1. The zero-order valence-corrected chi connectivity index (χ0v) is 12.4. The molecule has 1 aromatic heterocycles. The number of anilines is 1. The van der Waals surface area contributed by atoms with Crippen LogP contribution in [0.1, 0.15) is 42.6 Å². The number of carbonyl (C=O) groups is 1. The molecule has 0 saturated carbocycles. The molecule has 21 heavy (non-hydrogen) atoms. The molecule has 0 unspecified atom stereocenters. The Bertz CT molecular complexity index is 596. The molecule has 0 amide bonds. The summed E-state index contributed by atoms with van der Waals surface area (Å²) < 4.78 is 18.3. The van der Waals surface area contributed by atoms with E-state index in [0.717, 1.165) is 0 Å². The summed E-state index contributed by atoms with van der Waals surface area (Å²) in [7, 11) is 0. The van der Waals surface area contributed by atoms with E-state index in [9.17, 15) is 9.18 Å². The van der Waals surface area contributed by atoms with Gasteiger partial charge in [-0.15, -0.1) is 0 Å². The molecule has 0 radical (unpaired) electrons. The lowest BCUT2D eigenvalue weighted by Crippen LogP contribution is -2.06. The van der Waals surface area contributed by atoms with Gasteiger partial charge in [-0.25, -0.2) is 14.2 Å². The predicted octanol–water partition coefficient (Wildman–Crippen LogP) is 2.92. The SMILES string of the molecule is CC.CCOC(=O)c1nc(N)c(Cc2ccccc2F)[nH]1. The third kappa shape index (κ3) is 4.30. The van der Waals surface area contributed by atoms with Crippen LogP contribution >= 0.6 is 0 Å². The summed E-state index contributed by atoms with van der Waals surface area (Å²) >= 11 is 0. The van der Waals surface area contributed by atoms with Gasteiger partial charge in [0.05, 0.1) is 12.3 Å². The summed E-state index contributed by atoms with van der Waals surface area (Å²) in [5.41, 5.74) is 6.67. The normalized spacial score (nSPS) is 9.71. The zero-order valence-electron chi connectivity index (χ0n) is 12.4. The first-order chi connectivity index (χ1) is 10.1. The minimum Gasteiger partial charge on any atom is -0.460 e. The van der Waals surface area contributed by atoms with Crippen LogP contribution in [-0.2, 0) is 11.2 Å². The number of nitrogens with two attached hydrogens (primary N) is 1. The Morgan fingerprint density at radius 1 is 1.38 bits per heavy atom. The molecule has 3 N–H and O–H groups in total. The molecular formula is C15H20FN3O2. The van der Waals surface area contributed by atoms with Crippen molar-refractivity contribution in [1.82, 2.24) is 9.97 Å². The van der Waals surface area contributed by atoms with Crippen molar-refractivity contribution >= 4 is 11.8 Å². The maximum atomic E-state index is 13.5. The molecule has 2 rings (SSSR count). The average molecular weight is 293 g/mol. The van der Waals surface area contributed by atoms with Crippen LogP contribution in [0.3, 0.4) is 0 Å². The molecule has 0 bridgehead atoms. The number of ether oxygens (including phenoxy) is 1. The van der Waals surface area contributed by atoms with E-state index >= 15 is 0 Å².